The Bertz CT molecular complexity index is 947. The van der Waals surface area contributed by atoms with Crippen LogP contribution < -0.4 is 4.90 Å². The molecule has 6 heteroatoms. The van der Waals surface area contributed by atoms with Gasteiger partial charge in [0, 0.05) is 31.7 Å². The summed E-state index contributed by atoms with van der Waals surface area (Å²) in [7, 11) is 0. The van der Waals surface area contributed by atoms with E-state index in [0.717, 1.165) is 24.3 Å². The monoisotopic (exact) mass is 410 g/mol. The minimum Gasteiger partial charge on any atom is -0.503 e. The molecular formula is C24H27FN2O3. The lowest BCUT2D eigenvalue weighted by atomic mass is 9.94. The molecule has 0 saturated heterocycles. The second-order valence-electron chi connectivity index (χ2n) is 7.26. The average molecular weight is 410 g/mol. The third-order valence-corrected chi connectivity index (χ3v) is 5.53. The third-order valence-electron chi connectivity index (χ3n) is 5.53. The van der Waals surface area contributed by atoms with Crippen molar-refractivity contribution in [2.24, 2.45) is 0 Å². The van der Waals surface area contributed by atoms with Gasteiger partial charge in [-0.2, -0.15) is 0 Å². The highest BCUT2D eigenvalue weighted by Crippen LogP contribution is 2.39. The molecule has 1 heterocycles. The molecule has 0 fully saturated rings. The Hall–Kier alpha value is -3.15. The highest BCUT2D eigenvalue weighted by Gasteiger charge is 2.42. The first-order valence-corrected chi connectivity index (χ1v) is 10.3. The Labute approximate surface area is 176 Å². The molecule has 0 spiro atoms. The fourth-order valence-electron chi connectivity index (χ4n) is 3.88. The number of ketones is 1. The molecular weight excluding hydrogens is 383 g/mol. The van der Waals surface area contributed by atoms with Gasteiger partial charge in [0.2, 0.25) is 0 Å². The van der Waals surface area contributed by atoms with E-state index in [2.05, 4.69) is 18.7 Å². The number of anilines is 1. The predicted octanol–water partition coefficient (Wildman–Crippen LogP) is 4.55. The van der Waals surface area contributed by atoms with Crippen molar-refractivity contribution in [2.45, 2.75) is 39.8 Å². The first-order valence-electron chi connectivity index (χ1n) is 10.3. The molecule has 0 saturated carbocycles. The number of aliphatic hydroxyl groups excluding tert-OH is 1. The highest BCUT2D eigenvalue weighted by atomic mass is 19.1. The molecule has 5 nitrogen and oxygen atoms in total. The van der Waals surface area contributed by atoms with Gasteiger partial charge in [-0.3, -0.25) is 9.59 Å². The van der Waals surface area contributed by atoms with Gasteiger partial charge < -0.3 is 14.9 Å². The zero-order valence-electron chi connectivity index (χ0n) is 17.6. The van der Waals surface area contributed by atoms with Gasteiger partial charge in [0.05, 0.1) is 11.6 Å². The molecule has 30 heavy (non-hydrogen) atoms. The van der Waals surface area contributed by atoms with Gasteiger partial charge in [-0.1, -0.05) is 31.2 Å². The molecule has 1 aliphatic heterocycles. The van der Waals surface area contributed by atoms with E-state index in [1.54, 1.807) is 19.1 Å². The number of carbonyl (C=O) groups excluding carboxylic acids is 2. The van der Waals surface area contributed by atoms with E-state index >= 15 is 0 Å². The number of halogens is 1. The molecule has 2 aromatic rings. The van der Waals surface area contributed by atoms with E-state index in [-0.39, 0.29) is 30.1 Å². The van der Waals surface area contributed by atoms with Gasteiger partial charge in [-0.05, 0) is 49.2 Å². The lowest BCUT2D eigenvalue weighted by Gasteiger charge is -2.28. The number of aliphatic hydroxyl groups is 1. The molecule has 0 bridgehead atoms. The molecule has 1 N–H and O–H groups in total. The smallest absolute Gasteiger partial charge is 0.290 e. The van der Waals surface area contributed by atoms with E-state index in [4.69, 9.17) is 0 Å². The zero-order valence-corrected chi connectivity index (χ0v) is 17.6. The molecule has 1 amide bonds. The molecule has 2 aromatic carbocycles. The minimum absolute atomic E-state index is 0.125. The molecule has 3 rings (SSSR count). The maximum absolute atomic E-state index is 13.3. The largest absolute Gasteiger partial charge is 0.503 e. The Morgan fingerprint density at radius 1 is 1.03 bits per heavy atom. The standard InChI is InChI=1S/C24H27FN2O3/c1-4-20(28)21-22(17-9-13-19(14-10-17)26(5-2)6-3)27(24(30)23(21)29)15-16-7-11-18(25)12-8-16/h7-14,22,29H,4-6,15H2,1-3H3. The Kier molecular flexibility index (Phi) is 6.55. The van der Waals surface area contributed by atoms with E-state index in [1.807, 2.05) is 24.3 Å². The highest BCUT2D eigenvalue weighted by molar-refractivity contribution is 6.08. The van der Waals surface area contributed by atoms with Crippen molar-refractivity contribution < 1.29 is 19.1 Å². The zero-order chi connectivity index (χ0) is 21.8. The fourth-order valence-corrected chi connectivity index (χ4v) is 3.88. The van der Waals surface area contributed by atoms with Crippen LogP contribution >= 0.6 is 0 Å². The van der Waals surface area contributed by atoms with Crippen LogP contribution in [0.4, 0.5) is 10.1 Å². The lowest BCUT2D eigenvalue weighted by molar-refractivity contribution is -0.130. The summed E-state index contributed by atoms with van der Waals surface area (Å²) in [4.78, 5) is 29.1. The fraction of sp³-hybridized carbons (Fsp3) is 0.333. The number of hydrogen-bond acceptors (Lipinski definition) is 4. The van der Waals surface area contributed by atoms with Gasteiger partial charge in [-0.15, -0.1) is 0 Å². The van der Waals surface area contributed by atoms with Gasteiger partial charge in [0.1, 0.15) is 5.82 Å². The van der Waals surface area contributed by atoms with Crippen LogP contribution in [0.1, 0.15) is 44.4 Å². The number of Topliss-reactive ketones (excluding diaryl/α,β-unsaturated/α-hetero) is 1. The van der Waals surface area contributed by atoms with Crippen LogP contribution in [-0.2, 0) is 16.1 Å². The van der Waals surface area contributed by atoms with Crippen LogP contribution in [0.2, 0.25) is 0 Å². The van der Waals surface area contributed by atoms with Crippen LogP contribution in [0.15, 0.2) is 59.9 Å². The van der Waals surface area contributed by atoms with Crippen molar-refractivity contribution >= 4 is 17.4 Å². The maximum Gasteiger partial charge on any atom is 0.290 e. The average Bonchev–Trinajstić information content (AvgIpc) is 3.01. The van der Waals surface area contributed by atoms with Crippen LogP contribution in [0.25, 0.3) is 0 Å². The van der Waals surface area contributed by atoms with Crippen molar-refractivity contribution in [1.82, 2.24) is 4.90 Å². The van der Waals surface area contributed by atoms with Crippen molar-refractivity contribution in [2.75, 3.05) is 18.0 Å². The molecule has 0 radical (unpaired) electrons. The Morgan fingerprint density at radius 2 is 1.63 bits per heavy atom. The molecule has 1 atom stereocenters. The quantitative estimate of drug-likeness (QED) is 0.694. The van der Waals surface area contributed by atoms with Gasteiger partial charge in [0.15, 0.2) is 11.5 Å². The summed E-state index contributed by atoms with van der Waals surface area (Å²) >= 11 is 0. The molecule has 0 aliphatic carbocycles. The summed E-state index contributed by atoms with van der Waals surface area (Å²) < 4.78 is 13.3. The lowest BCUT2D eigenvalue weighted by Crippen LogP contribution is -2.30. The van der Waals surface area contributed by atoms with Crippen LogP contribution in [0, 0.1) is 5.82 Å². The first-order chi connectivity index (χ1) is 14.4. The summed E-state index contributed by atoms with van der Waals surface area (Å²) in [6.07, 6.45) is 0.186. The molecule has 158 valence electrons. The van der Waals surface area contributed by atoms with E-state index in [0.29, 0.717) is 5.56 Å². The van der Waals surface area contributed by atoms with E-state index in [9.17, 15) is 19.1 Å². The van der Waals surface area contributed by atoms with Gasteiger partial charge in [0.25, 0.3) is 5.91 Å². The molecule has 1 aliphatic rings. The number of amides is 1. The van der Waals surface area contributed by atoms with Gasteiger partial charge >= 0.3 is 0 Å². The summed E-state index contributed by atoms with van der Waals surface area (Å²) in [5, 5.41) is 10.5. The molecule has 0 aromatic heterocycles. The summed E-state index contributed by atoms with van der Waals surface area (Å²) in [5.74, 6) is -1.71. The number of benzene rings is 2. The van der Waals surface area contributed by atoms with Crippen LogP contribution in [-0.4, -0.2) is 34.8 Å². The second-order valence-corrected chi connectivity index (χ2v) is 7.26. The van der Waals surface area contributed by atoms with Crippen molar-refractivity contribution in [3.8, 4) is 0 Å². The van der Waals surface area contributed by atoms with Crippen LogP contribution in [0.3, 0.4) is 0 Å². The third kappa shape index (κ3) is 4.08. The van der Waals surface area contributed by atoms with Crippen LogP contribution in [0.5, 0.6) is 0 Å². The van der Waals surface area contributed by atoms with Crippen molar-refractivity contribution in [3.63, 3.8) is 0 Å². The number of rotatable bonds is 8. The normalized spacial score (nSPS) is 16.3. The van der Waals surface area contributed by atoms with E-state index in [1.165, 1.54) is 17.0 Å². The summed E-state index contributed by atoms with van der Waals surface area (Å²) in [6.45, 7) is 7.76. The molecule has 1 unspecified atom stereocenters. The second kappa shape index (κ2) is 9.11. The predicted molar refractivity (Wildman–Crippen MR) is 115 cm³/mol. The minimum atomic E-state index is -0.680. The SMILES string of the molecule is CCC(=O)C1=C(O)C(=O)N(Cc2ccc(F)cc2)C1c1ccc(N(CC)CC)cc1. The first kappa shape index (κ1) is 21.6. The van der Waals surface area contributed by atoms with E-state index < -0.39 is 17.7 Å². The number of carbonyl (C=O) groups is 2. The number of nitrogens with zero attached hydrogens (tertiary/aromatic N) is 2. The maximum atomic E-state index is 13.3. The van der Waals surface area contributed by atoms with Crippen molar-refractivity contribution in [3.05, 3.63) is 76.8 Å². The van der Waals surface area contributed by atoms with Crippen molar-refractivity contribution in [1.29, 1.82) is 0 Å². The van der Waals surface area contributed by atoms with Gasteiger partial charge in [-0.25, -0.2) is 4.39 Å². The number of hydrogen-bond donors (Lipinski definition) is 1. The summed E-state index contributed by atoms with van der Waals surface area (Å²) in [5.41, 5.74) is 2.64. The Balaban J connectivity index is 2.01. The summed E-state index contributed by atoms with van der Waals surface area (Å²) in [6, 6.07) is 12.9. The topological polar surface area (TPSA) is 60.9 Å². The Morgan fingerprint density at radius 3 is 2.17 bits per heavy atom.